The van der Waals surface area contributed by atoms with Crippen LogP contribution < -0.4 is 0 Å². The lowest BCUT2D eigenvalue weighted by atomic mass is 10.4. The van der Waals surface area contributed by atoms with E-state index in [2.05, 4.69) is 6.66 Å². The molecule has 1 rings (SSSR count). The highest BCUT2D eigenvalue weighted by molar-refractivity contribution is 7.37. The molecule has 0 nitrogen and oxygen atoms in total. The van der Waals surface area contributed by atoms with Gasteiger partial charge in [-0.25, -0.2) is 0 Å². The first-order valence-electron chi connectivity index (χ1n) is 3.11. The van der Waals surface area contributed by atoms with Crippen molar-refractivity contribution in [2.24, 2.45) is 0 Å². The quantitative estimate of drug-likeness (QED) is 0.507. The molecule has 0 aliphatic heterocycles. The Morgan fingerprint density at radius 1 is 1.25 bits per heavy atom. The summed E-state index contributed by atoms with van der Waals surface area (Å²) in [4.78, 5) is 0. The van der Waals surface area contributed by atoms with E-state index >= 15 is 0 Å². The lowest BCUT2D eigenvalue weighted by Crippen LogP contribution is -1.87. The molecule has 0 saturated heterocycles. The largest absolute Gasteiger partial charge is 0.147 e. The minimum atomic E-state index is 0. The Morgan fingerprint density at radius 2 is 1.75 bits per heavy atom. The molecule has 0 N–H and O–H groups in total. The molecule has 8 heavy (non-hydrogen) atoms. The van der Waals surface area contributed by atoms with Crippen LogP contribution in [0.1, 0.15) is 25.7 Å². The molecule has 0 spiro atoms. The predicted octanol–water partition coefficient (Wildman–Crippen LogP) is 2.66. The Hall–Kier alpha value is 0.720. The van der Waals surface area contributed by atoms with Gasteiger partial charge in [-0.2, -0.15) is 0 Å². The molecule has 0 aromatic heterocycles. The summed E-state index contributed by atoms with van der Waals surface area (Å²) in [6.45, 7) is 2.33. The van der Waals surface area contributed by atoms with E-state index < -0.39 is 0 Å². The molecule has 0 heterocycles. The lowest BCUT2D eigenvalue weighted by molar-refractivity contribution is 0.886. The van der Waals surface area contributed by atoms with E-state index in [1.807, 2.05) is 0 Å². The van der Waals surface area contributed by atoms with Crippen molar-refractivity contribution in [2.75, 3.05) is 6.66 Å². The molecule has 50 valence electrons. The highest BCUT2D eigenvalue weighted by Crippen LogP contribution is 2.31. The Morgan fingerprint density at radius 3 is 2.00 bits per heavy atom. The van der Waals surface area contributed by atoms with Gasteiger partial charge in [-0.3, -0.25) is 0 Å². The molecule has 0 radical (unpaired) electrons. The summed E-state index contributed by atoms with van der Waals surface area (Å²) >= 11 is 0. The monoisotopic (exact) mass is 152 g/mol. The second-order valence-corrected chi connectivity index (χ2v) is 3.66. The van der Waals surface area contributed by atoms with Crippen molar-refractivity contribution >= 4 is 21.0 Å². The first-order chi connectivity index (χ1) is 3.43. The third-order valence-electron chi connectivity index (χ3n) is 1.76. The normalized spacial score (nSPS) is 22.1. The van der Waals surface area contributed by atoms with Gasteiger partial charge in [0.25, 0.3) is 0 Å². The smallest absolute Gasteiger partial charge is 0.0239 e. The Balaban J connectivity index is 0.000000490. The van der Waals surface area contributed by atoms with Gasteiger partial charge in [-0.1, -0.05) is 12.8 Å². The predicted molar refractivity (Wildman–Crippen MR) is 43.7 cm³/mol. The molecule has 1 unspecified atom stereocenters. The Kier molecular flexibility index (Phi) is 5.00. The minimum Gasteiger partial charge on any atom is -0.147 e. The van der Waals surface area contributed by atoms with Crippen LogP contribution in [0.15, 0.2) is 0 Å². The second-order valence-electron chi connectivity index (χ2n) is 2.27. The lowest BCUT2D eigenvalue weighted by Gasteiger charge is -2.00. The summed E-state index contributed by atoms with van der Waals surface area (Å²) in [7, 11) is 1.21. The fourth-order valence-corrected chi connectivity index (χ4v) is 2.20. The molecule has 0 aromatic carbocycles. The van der Waals surface area contributed by atoms with Crippen LogP contribution >= 0.6 is 21.0 Å². The van der Waals surface area contributed by atoms with E-state index in [0.717, 1.165) is 5.66 Å². The van der Waals surface area contributed by atoms with Crippen molar-refractivity contribution in [3.8, 4) is 0 Å². The van der Waals surface area contributed by atoms with Crippen molar-refractivity contribution in [1.82, 2.24) is 0 Å². The highest BCUT2D eigenvalue weighted by atomic mass is 35.5. The molecule has 1 saturated carbocycles. The molecule has 1 atom stereocenters. The first-order valence-corrected chi connectivity index (χ1v) is 4.68. The molecule has 0 amide bonds. The van der Waals surface area contributed by atoms with Crippen molar-refractivity contribution in [3.63, 3.8) is 0 Å². The van der Waals surface area contributed by atoms with Gasteiger partial charge < -0.3 is 0 Å². The van der Waals surface area contributed by atoms with Gasteiger partial charge in [-0.05, 0) is 25.2 Å². The fraction of sp³-hybridized carbons (Fsp3) is 1.00. The number of hydrogen-bond acceptors (Lipinski definition) is 0. The summed E-state index contributed by atoms with van der Waals surface area (Å²) < 4.78 is 0. The van der Waals surface area contributed by atoms with E-state index in [1.165, 1.54) is 34.3 Å². The second kappa shape index (κ2) is 4.58. The SMILES string of the molecule is CPC1CCCC1.Cl. The topological polar surface area (TPSA) is 0 Å². The average molecular weight is 153 g/mol. The molecular formula is C6H14ClP. The van der Waals surface area contributed by atoms with Crippen LogP contribution in [0.3, 0.4) is 0 Å². The van der Waals surface area contributed by atoms with E-state index in [0.29, 0.717) is 0 Å². The third kappa shape index (κ3) is 2.33. The zero-order chi connectivity index (χ0) is 5.11. The van der Waals surface area contributed by atoms with Crippen LogP contribution in [0.5, 0.6) is 0 Å². The van der Waals surface area contributed by atoms with Crippen molar-refractivity contribution in [3.05, 3.63) is 0 Å². The van der Waals surface area contributed by atoms with Crippen LogP contribution in [0.4, 0.5) is 0 Å². The van der Waals surface area contributed by atoms with E-state index in [9.17, 15) is 0 Å². The first kappa shape index (κ1) is 8.72. The molecule has 1 aliphatic rings. The zero-order valence-corrected chi connectivity index (χ0v) is 7.13. The maximum atomic E-state index is 2.33. The summed E-state index contributed by atoms with van der Waals surface area (Å²) in [6, 6.07) is 0. The molecule has 2 heteroatoms. The summed E-state index contributed by atoms with van der Waals surface area (Å²) in [5.41, 5.74) is 1.12. The van der Waals surface area contributed by atoms with Crippen molar-refractivity contribution < 1.29 is 0 Å². The summed E-state index contributed by atoms with van der Waals surface area (Å²) in [5.74, 6) is 0. The van der Waals surface area contributed by atoms with Gasteiger partial charge in [0.05, 0.1) is 0 Å². The van der Waals surface area contributed by atoms with Gasteiger partial charge in [0.2, 0.25) is 0 Å². The standard InChI is InChI=1S/C6H13P.ClH/c1-7-6-4-2-3-5-6;/h6-7H,2-5H2,1H3;1H. The van der Waals surface area contributed by atoms with Crippen molar-refractivity contribution in [1.29, 1.82) is 0 Å². The van der Waals surface area contributed by atoms with Crippen LogP contribution in [0.2, 0.25) is 0 Å². The molecule has 0 bridgehead atoms. The molecular weight excluding hydrogens is 138 g/mol. The van der Waals surface area contributed by atoms with E-state index in [-0.39, 0.29) is 12.4 Å². The number of halogens is 1. The minimum absolute atomic E-state index is 0. The van der Waals surface area contributed by atoms with E-state index in [4.69, 9.17) is 0 Å². The molecule has 0 aromatic rings. The number of rotatable bonds is 1. The molecule has 1 aliphatic carbocycles. The van der Waals surface area contributed by atoms with Crippen LogP contribution in [0, 0.1) is 0 Å². The highest BCUT2D eigenvalue weighted by Gasteiger charge is 2.11. The zero-order valence-electron chi connectivity index (χ0n) is 5.31. The van der Waals surface area contributed by atoms with Gasteiger partial charge in [0, 0.05) is 0 Å². The fourth-order valence-electron chi connectivity index (χ4n) is 1.21. The van der Waals surface area contributed by atoms with E-state index in [1.54, 1.807) is 0 Å². The van der Waals surface area contributed by atoms with Crippen LogP contribution in [0.25, 0.3) is 0 Å². The maximum absolute atomic E-state index is 2.33. The maximum Gasteiger partial charge on any atom is -0.0239 e. The summed E-state index contributed by atoms with van der Waals surface area (Å²) in [6.07, 6.45) is 6.06. The van der Waals surface area contributed by atoms with Crippen molar-refractivity contribution in [2.45, 2.75) is 31.3 Å². The van der Waals surface area contributed by atoms with Gasteiger partial charge >= 0.3 is 0 Å². The van der Waals surface area contributed by atoms with Crippen LogP contribution in [-0.4, -0.2) is 12.3 Å². The van der Waals surface area contributed by atoms with Gasteiger partial charge in [0.1, 0.15) is 0 Å². The van der Waals surface area contributed by atoms with Crippen LogP contribution in [-0.2, 0) is 0 Å². The third-order valence-corrected chi connectivity index (χ3v) is 3.16. The van der Waals surface area contributed by atoms with Gasteiger partial charge in [-0.15, -0.1) is 21.0 Å². The average Bonchev–Trinajstić information content (AvgIpc) is 2.14. The summed E-state index contributed by atoms with van der Waals surface area (Å²) in [5, 5.41) is 0. The Labute approximate surface area is 59.6 Å². The number of hydrogen-bond donors (Lipinski definition) is 0. The Bertz CT molecular complexity index is 50.5. The van der Waals surface area contributed by atoms with Gasteiger partial charge in [0.15, 0.2) is 0 Å². The molecule has 1 fully saturated rings.